The van der Waals surface area contributed by atoms with Gasteiger partial charge >= 0.3 is 6.09 Å². The second kappa shape index (κ2) is 54.6. The predicted octanol–water partition coefficient (Wildman–Crippen LogP) is 9.45. The Labute approximate surface area is 698 Å². The zero-order valence-corrected chi connectivity index (χ0v) is 70.4. The summed E-state index contributed by atoms with van der Waals surface area (Å²) >= 11 is 0. The number of methoxy groups -OCH3 is 1. The Bertz CT molecular complexity index is 3950. The number of ketones is 2. The van der Waals surface area contributed by atoms with Gasteiger partial charge in [0.15, 0.2) is 11.2 Å². The van der Waals surface area contributed by atoms with Gasteiger partial charge in [0, 0.05) is 75.6 Å². The van der Waals surface area contributed by atoms with Crippen molar-refractivity contribution in [3.63, 3.8) is 0 Å². The number of hydrogen-bond acceptors (Lipinski definition) is 29. The van der Waals surface area contributed by atoms with Gasteiger partial charge in [0.1, 0.15) is 47.5 Å². The van der Waals surface area contributed by atoms with Crippen LogP contribution < -0.4 is 22.1 Å². The Kier molecular flexibility index (Phi) is 44.0. The molecular formula is C86H128N12O21. The molecule has 1 saturated carbocycles. The molecule has 0 spiro atoms. The van der Waals surface area contributed by atoms with E-state index in [0.29, 0.717) is 203 Å². The van der Waals surface area contributed by atoms with E-state index < -0.39 is 35.9 Å². The zero-order valence-electron chi connectivity index (χ0n) is 70.4. The van der Waals surface area contributed by atoms with Crippen LogP contribution in [0.25, 0.3) is 33.4 Å². The topological polar surface area (TPSA) is 417 Å². The number of aromatic nitrogens is 7. The average molecular weight is 1670 g/mol. The molecule has 3 fully saturated rings. The lowest BCUT2D eigenvalue weighted by atomic mass is 9.83. The summed E-state index contributed by atoms with van der Waals surface area (Å²) in [5, 5.41) is 22.0. The van der Waals surface area contributed by atoms with E-state index in [1.54, 1.807) is 41.2 Å². The molecule has 7 N–H and O–H groups in total. The molecule has 658 valence electrons. The van der Waals surface area contributed by atoms with Gasteiger partial charge in [-0.05, 0) is 157 Å². The van der Waals surface area contributed by atoms with E-state index in [-0.39, 0.29) is 91.7 Å². The fourth-order valence-corrected chi connectivity index (χ4v) is 14.5. The third-order valence-corrected chi connectivity index (χ3v) is 21.2. The number of fused-ring (bicyclic) bond motifs is 2. The SMILES string of the molecule is CO[C@@H](CC1CCCC(C(=O)C(=O)N2CCCCC2)O1)/C(C)=C/C=C/C=C/[C@@H](C)C[C@@H](C)C(=O)C[C@H](O)/C(C)=C/[C@@H](C)CC[C@@H](CCC1CCC(OC(=O)NCCOCCOCCOCCOCCOCCOCCOCCOCCOCCNC(=O)c2ncc(Cn3nc(-c4ccc5oc(N)nc5c4)c4c(N)ncnc43)cn2)CC1)OC=O. The molecule has 33 heteroatoms. The number of oxazole rings is 1. The van der Waals surface area contributed by atoms with Crippen LogP contribution in [0.4, 0.5) is 16.6 Å². The first-order valence-corrected chi connectivity index (χ1v) is 42.2. The fraction of sp³-hybridized carbons (Fsp3) is 0.651. The Hall–Kier alpha value is -8.58. The maximum atomic E-state index is 13.3. The van der Waals surface area contributed by atoms with Crippen molar-refractivity contribution in [2.24, 2.45) is 23.7 Å². The number of nitrogens with zero attached hydrogens (tertiary/aromatic N) is 8. The van der Waals surface area contributed by atoms with Crippen LogP contribution in [-0.2, 0) is 87.3 Å². The zero-order chi connectivity index (χ0) is 84.8. The Morgan fingerprint density at radius 2 is 1.29 bits per heavy atom. The number of alkyl carbamates (subject to hydrolysis) is 1. The van der Waals surface area contributed by atoms with Gasteiger partial charge in [0.05, 0.1) is 149 Å². The van der Waals surface area contributed by atoms with E-state index in [4.69, 9.17) is 82.6 Å². The number of ether oxygens (including phenoxy) is 13. The number of nitrogen functional groups attached to an aromatic ring is 2. The van der Waals surface area contributed by atoms with Crippen LogP contribution in [0.3, 0.4) is 0 Å². The number of piperidine rings is 1. The molecule has 4 aromatic heterocycles. The molecule has 1 aromatic carbocycles. The summed E-state index contributed by atoms with van der Waals surface area (Å²) in [4.78, 5) is 99.0. The summed E-state index contributed by atoms with van der Waals surface area (Å²) < 4.78 is 80.5. The van der Waals surface area contributed by atoms with E-state index in [1.807, 2.05) is 57.2 Å². The molecule has 0 radical (unpaired) electrons. The van der Waals surface area contributed by atoms with Gasteiger partial charge in [0.25, 0.3) is 24.3 Å². The van der Waals surface area contributed by atoms with Crippen molar-refractivity contribution in [1.29, 1.82) is 0 Å². The van der Waals surface area contributed by atoms with Crippen LogP contribution >= 0.6 is 0 Å². The summed E-state index contributed by atoms with van der Waals surface area (Å²) in [5.74, 6) is -0.545. The summed E-state index contributed by atoms with van der Waals surface area (Å²) in [7, 11) is 1.67. The molecule has 2 saturated heterocycles. The van der Waals surface area contributed by atoms with Crippen LogP contribution in [0.15, 0.2) is 88.9 Å². The highest BCUT2D eigenvalue weighted by atomic mass is 16.6. The van der Waals surface area contributed by atoms with Crippen LogP contribution in [0.2, 0.25) is 0 Å². The van der Waals surface area contributed by atoms with E-state index in [0.717, 1.165) is 93.8 Å². The number of benzene rings is 1. The van der Waals surface area contributed by atoms with Gasteiger partial charge < -0.3 is 98.1 Å². The van der Waals surface area contributed by atoms with Crippen LogP contribution in [0, 0.1) is 23.7 Å². The molecule has 1 aliphatic carbocycles. The number of amides is 3. The smallest absolute Gasteiger partial charge is 0.407 e. The summed E-state index contributed by atoms with van der Waals surface area (Å²) in [5.41, 5.74) is 17.4. The standard InChI is InChI=1S/C86H128N12O21/c1-60(14-9-7-10-15-62(3)76(106-6)53-70-16-13-17-75(117-70)79(102)84(104)97-30-11-8-12-31-97)50-63(4)72(100)54-73(101)64(5)51-61(2)18-23-68(116-59-99)24-19-65-20-25-69(26-21-65)118-86(105)90-29-33-108-35-37-110-39-41-112-43-45-114-47-49-115-48-46-113-44-42-111-40-38-109-36-34-107-32-28-89-83(103)81-91-55-66(56-92-81)57-98-82-77(80(87)93-58-94-82)78(96-98)67-22-27-74-71(52-67)95-85(88)119-74/h7,9-10,14-15,22,27,51-52,55-56,58-61,63,65,68-70,73,75-76,101H,8,11-13,16-21,23-26,28-50,53-54,57H2,1-6H3,(H2,88,95)(H,89,103)(H,90,105)(H2,87,93,94)/b10-7+,14-9+,62-15+,64-51+/t60-,61+,63-,65?,68+,69?,70?,73+,75?,76+/m1/s1. The van der Waals surface area contributed by atoms with Crippen LogP contribution in [0.5, 0.6) is 0 Å². The Balaban J connectivity index is 0.528. The number of carbonyl (C=O) groups is 6. The minimum atomic E-state index is -0.882. The number of anilines is 2. The molecule has 2 aliphatic heterocycles. The van der Waals surface area contributed by atoms with E-state index >= 15 is 0 Å². The number of allylic oxidation sites excluding steroid dienone is 6. The molecule has 8 rings (SSSR count). The molecule has 3 amide bonds. The van der Waals surface area contributed by atoms with Gasteiger partial charge in [0.2, 0.25) is 11.6 Å². The van der Waals surface area contributed by atoms with E-state index in [2.05, 4.69) is 55.5 Å². The monoisotopic (exact) mass is 1660 g/mol. The van der Waals surface area contributed by atoms with Gasteiger partial charge in [-0.1, -0.05) is 57.2 Å². The van der Waals surface area contributed by atoms with Crippen molar-refractivity contribution in [2.45, 2.75) is 187 Å². The second-order valence-corrected chi connectivity index (χ2v) is 30.6. The van der Waals surface area contributed by atoms with E-state index in [9.17, 15) is 33.9 Å². The number of rotatable bonds is 59. The highest BCUT2D eigenvalue weighted by Crippen LogP contribution is 2.35. The molecule has 0 bridgehead atoms. The van der Waals surface area contributed by atoms with Gasteiger partial charge in [-0.15, -0.1) is 0 Å². The maximum Gasteiger partial charge on any atom is 0.407 e. The summed E-state index contributed by atoms with van der Waals surface area (Å²) in [6, 6.07) is 5.45. The van der Waals surface area contributed by atoms with Crippen molar-refractivity contribution < 1.29 is 99.9 Å². The average Bonchev–Trinajstić information content (AvgIpc) is 1.61. The minimum Gasteiger partial charge on any atom is -0.465 e. The van der Waals surface area contributed by atoms with Crippen LogP contribution in [0.1, 0.15) is 160 Å². The quantitative estimate of drug-likeness (QED) is 0.00795. The van der Waals surface area contributed by atoms with Crippen molar-refractivity contribution in [3.05, 3.63) is 95.9 Å². The fourth-order valence-electron chi connectivity index (χ4n) is 14.5. The van der Waals surface area contributed by atoms with E-state index in [1.165, 1.54) is 6.33 Å². The summed E-state index contributed by atoms with van der Waals surface area (Å²) in [6.45, 7) is 19.7. The molecule has 3 aliphatic rings. The molecule has 8 atom stereocenters. The normalized spacial score (nSPS) is 18.5. The number of carbonyl (C=O) groups excluding carboxylic acids is 6. The molecule has 2 unspecified atom stereocenters. The number of hydrogen-bond donors (Lipinski definition) is 5. The highest BCUT2D eigenvalue weighted by molar-refractivity contribution is 6.37. The van der Waals surface area contributed by atoms with Gasteiger partial charge in [-0.2, -0.15) is 10.1 Å². The first-order valence-electron chi connectivity index (χ1n) is 42.2. The third kappa shape index (κ3) is 35.2. The number of aliphatic hydroxyl groups excluding tert-OH is 1. The third-order valence-electron chi connectivity index (χ3n) is 21.2. The molecular weight excluding hydrogens is 1540 g/mol. The lowest BCUT2D eigenvalue weighted by Crippen LogP contribution is -2.46. The number of likely N-dealkylation sites (tertiary alicyclic amines) is 1. The first-order chi connectivity index (χ1) is 57.8. The number of nitrogens with two attached hydrogens (primary N) is 2. The number of Topliss-reactive ketones (excluding diaryl/α,β-unsaturated/α-hetero) is 2. The molecule has 6 heterocycles. The number of aliphatic hydroxyl groups is 1. The van der Waals surface area contributed by atoms with Crippen molar-refractivity contribution in [1.82, 2.24) is 50.2 Å². The first kappa shape index (κ1) is 95.9. The summed E-state index contributed by atoms with van der Waals surface area (Å²) in [6.07, 6.45) is 26.5. The lowest BCUT2D eigenvalue weighted by molar-refractivity contribution is -0.157. The Morgan fingerprint density at radius 1 is 0.681 bits per heavy atom. The minimum absolute atomic E-state index is 0.0116. The van der Waals surface area contributed by atoms with Crippen molar-refractivity contribution in [3.8, 4) is 11.3 Å². The maximum absolute atomic E-state index is 13.3. The lowest BCUT2D eigenvalue weighted by Gasteiger charge is -2.33. The van der Waals surface area contributed by atoms with Gasteiger partial charge in [-0.3, -0.25) is 24.0 Å². The Morgan fingerprint density at radius 3 is 1.91 bits per heavy atom. The van der Waals surface area contributed by atoms with Gasteiger partial charge in [-0.25, -0.2) is 29.4 Å². The molecule has 5 aromatic rings. The molecule has 119 heavy (non-hydrogen) atoms. The van der Waals surface area contributed by atoms with Crippen molar-refractivity contribution in [2.75, 3.05) is 164 Å². The predicted molar refractivity (Wildman–Crippen MR) is 445 cm³/mol. The molecule has 33 nitrogen and oxygen atoms in total. The van der Waals surface area contributed by atoms with Crippen LogP contribution in [-0.4, -0.2) is 269 Å². The van der Waals surface area contributed by atoms with Crippen molar-refractivity contribution >= 4 is 69.9 Å². The second-order valence-electron chi connectivity index (χ2n) is 30.6. The number of nitrogens with one attached hydrogen (secondary N) is 2. The largest absolute Gasteiger partial charge is 0.465 e. The highest BCUT2D eigenvalue weighted by Gasteiger charge is 2.36.